The van der Waals surface area contributed by atoms with Crippen molar-refractivity contribution < 1.29 is 0 Å². The van der Waals surface area contributed by atoms with Crippen molar-refractivity contribution in [1.29, 1.82) is 0 Å². The summed E-state index contributed by atoms with van der Waals surface area (Å²) >= 11 is 0. The minimum absolute atomic E-state index is 0.391. The van der Waals surface area contributed by atoms with Crippen molar-refractivity contribution in [3.8, 4) is 0 Å². The fraction of sp³-hybridized carbons (Fsp3) is 0.600. The maximum Gasteiger partial charge on any atom is 0.191 e. The Morgan fingerprint density at radius 1 is 1.37 bits per heavy atom. The number of rotatable bonds is 5. The Labute approximate surface area is 116 Å². The van der Waals surface area contributed by atoms with Crippen molar-refractivity contribution in [1.82, 2.24) is 15.6 Å². The largest absolute Gasteiger partial charge is 0.357 e. The van der Waals surface area contributed by atoms with Crippen LogP contribution in [-0.4, -0.2) is 23.5 Å². The van der Waals surface area contributed by atoms with Crippen molar-refractivity contribution in [2.24, 2.45) is 10.9 Å². The number of guanidine groups is 1. The summed E-state index contributed by atoms with van der Waals surface area (Å²) in [6, 6.07) is 4.41. The number of nitrogens with zero attached hydrogens (tertiary/aromatic N) is 2. The first-order valence-corrected chi connectivity index (χ1v) is 7.00. The van der Waals surface area contributed by atoms with Gasteiger partial charge in [0.15, 0.2) is 5.96 Å². The molecule has 1 atom stereocenters. The van der Waals surface area contributed by atoms with Crippen molar-refractivity contribution in [2.45, 2.75) is 47.2 Å². The summed E-state index contributed by atoms with van der Waals surface area (Å²) in [5.41, 5.74) is 2.20. The predicted molar refractivity (Wildman–Crippen MR) is 81.2 cm³/mol. The van der Waals surface area contributed by atoms with Crippen molar-refractivity contribution in [3.05, 3.63) is 29.6 Å². The minimum atomic E-state index is 0.391. The molecule has 106 valence electrons. The second-order valence-corrected chi connectivity index (χ2v) is 5.14. The fourth-order valence-electron chi connectivity index (χ4n) is 1.54. The third kappa shape index (κ3) is 5.28. The van der Waals surface area contributed by atoms with Crippen LogP contribution in [0.5, 0.6) is 0 Å². The van der Waals surface area contributed by atoms with E-state index in [9.17, 15) is 0 Å². The molecule has 4 nitrogen and oxygen atoms in total. The Balaban J connectivity index is 2.70. The molecule has 0 fully saturated rings. The Morgan fingerprint density at radius 3 is 2.68 bits per heavy atom. The summed E-state index contributed by atoms with van der Waals surface area (Å²) in [6.07, 6.45) is 1.81. The number of hydrogen-bond donors (Lipinski definition) is 2. The minimum Gasteiger partial charge on any atom is -0.357 e. The highest BCUT2D eigenvalue weighted by Gasteiger charge is 2.08. The number of aliphatic imine (C=N–C) groups is 1. The number of pyridine rings is 1. The van der Waals surface area contributed by atoms with E-state index in [2.05, 4.69) is 61.3 Å². The first-order valence-electron chi connectivity index (χ1n) is 7.00. The zero-order valence-electron chi connectivity index (χ0n) is 12.7. The van der Waals surface area contributed by atoms with Crippen molar-refractivity contribution in [3.63, 3.8) is 0 Å². The monoisotopic (exact) mass is 262 g/mol. The molecule has 19 heavy (non-hydrogen) atoms. The first-order chi connectivity index (χ1) is 9.04. The number of hydrogen-bond acceptors (Lipinski definition) is 2. The summed E-state index contributed by atoms with van der Waals surface area (Å²) in [6.45, 7) is 12.2. The molecule has 0 aliphatic rings. The summed E-state index contributed by atoms with van der Waals surface area (Å²) in [7, 11) is 0. The van der Waals surface area contributed by atoms with Gasteiger partial charge in [0, 0.05) is 18.8 Å². The molecule has 0 aromatic carbocycles. The lowest BCUT2D eigenvalue weighted by Gasteiger charge is -2.20. The quantitative estimate of drug-likeness (QED) is 0.633. The smallest absolute Gasteiger partial charge is 0.191 e. The lowest BCUT2D eigenvalue weighted by molar-refractivity contribution is 0.481. The van der Waals surface area contributed by atoms with Gasteiger partial charge in [-0.1, -0.05) is 19.9 Å². The molecule has 0 saturated heterocycles. The van der Waals surface area contributed by atoms with Gasteiger partial charge in [0.25, 0.3) is 0 Å². The number of aryl methyl sites for hydroxylation is 1. The molecule has 0 aliphatic heterocycles. The normalized spacial score (nSPS) is 13.5. The zero-order valence-corrected chi connectivity index (χ0v) is 12.7. The molecule has 1 unspecified atom stereocenters. The van der Waals surface area contributed by atoms with Crippen LogP contribution in [0.1, 0.15) is 39.0 Å². The average Bonchev–Trinajstić information content (AvgIpc) is 2.37. The second kappa shape index (κ2) is 7.77. The molecule has 0 amide bonds. The van der Waals surface area contributed by atoms with Crippen LogP contribution in [0.4, 0.5) is 0 Å². The van der Waals surface area contributed by atoms with E-state index in [0.29, 0.717) is 18.5 Å². The van der Waals surface area contributed by atoms with Gasteiger partial charge >= 0.3 is 0 Å². The molecular formula is C15H26N4. The molecular weight excluding hydrogens is 236 g/mol. The summed E-state index contributed by atoms with van der Waals surface area (Å²) in [4.78, 5) is 8.96. The van der Waals surface area contributed by atoms with E-state index in [-0.39, 0.29) is 0 Å². The van der Waals surface area contributed by atoms with Gasteiger partial charge in [-0.05, 0) is 38.3 Å². The molecule has 1 heterocycles. The summed E-state index contributed by atoms with van der Waals surface area (Å²) in [5.74, 6) is 1.43. The van der Waals surface area contributed by atoms with Crippen LogP contribution >= 0.6 is 0 Å². The van der Waals surface area contributed by atoms with E-state index in [0.717, 1.165) is 18.2 Å². The fourth-order valence-corrected chi connectivity index (χ4v) is 1.54. The number of nitrogens with one attached hydrogen (secondary N) is 2. The summed E-state index contributed by atoms with van der Waals surface area (Å²) < 4.78 is 0. The van der Waals surface area contributed by atoms with E-state index < -0.39 is 0 Å². The lowest BCUT2D eigenvalue weighted by atomic mass is 10.1. The maximum atomic E-state index is 4.60. The topological polar surface area (TPSA) is 49.3 Å². The zero-order chi connectivity index (χ0) is 14.3. The lowest BCUT2D eigenvalue weighted by Crippen LogP contribution is -2.44. The van der Waals surface area contributed by atoms with E-state index in [1.54, 1.807) is 0 Å². The van der Waals surface area contributed by atoms with Crippen LogP contribution in [0.2, 0.25) is 0 Å². The molecule has 0 saturated carbocycles. The molecule has 0 aliphatic carbocycles. The predicted octanol–water partition coefficient (Wildman–Crippen LogP) is 2.49. The number of aromatic nitrogens is 1. The van der Waals surface area contributed by atoms with Gasteiger partial charge in [0.05, 0.1) is 12.2 Å². The third-order valence-corrected chi connectivity index (χ3v) is 3.21. The third-order valence-electron chi connectivity index (χ3n) is 3.21. The molecule has 1 rings (SSSR count). The van der Waals surface area contributed by atoms with Crippen LogP contribution in [0.15, 0.2) is 23.3 Å². The Hall–Kier alpha value is -1.58. The highest BCUT2D eigenvalue weighted by atomic mass is 15.2. The van der Waals surface area contributed by atoms with Gasteiger partial charge < -0.3 is 10.6 Å². The Morgan fingerprint density at radius 2 is 2.11 bits per heavy atom. The molecule has 1 aromatic heterocycles. The second-order valence-electron chi connectivity index (χ2n) is 5.14. The van der Waals surface area contributed by atoms with Gasteiger partial charge in [0.1, 0.15) is 0 Å². The van der Waals surface area contributed by atoms with Crippen LogP contribution in [0.25, 0.3) is 0 Å². The van der Waals surface area contributed by atoms with Crippen LogP contribution in [0, 0.1) is 12.8 Å². The van der Waals surface area contributed by atoms with Crippen LogP contribution in [-0.2, 0) is 6.54 Å². The van der Waals surface area contributed by atoms with E-state index in [1.807, 2.05) is 12.3 Å². The van der Waals surface area contributed by atoms with Gasteiger partial charge in [-0.15, -0.1) is 0 Å². The standard InChI is InChI=1S/C15H26N4/c1-6-16-15(19-13(5)11(2)3)18-10-14-12(4)8-7-9-17-14/h7-9,11,13H,6,10H2,1-5H3,(H2,16,18,19). The van der Waals surface area contributed by atoms with Crippen LogP contribution < -0.4 is 10.6 Å². The van der Waals surface area contributed by atoms with E-state index in [4.69, 9.17) is 0 Å². The molecule has 0 radical (unpaired) electrons. The van der Waals surface area contributed by atoms with E-state index >= 15 is 0 Å². The molecule has 2 N–H and O–H groups in total. The Bertz CT molecular complexity index is 412. The molecule has 0 bridgehead atoms. The Kier molecular flexibility index (Phi) is 6.33. The molecule has 1 aromatic rings. The van der Waals surface area contributed by atoms with Crippen LogP contribution in [0.3, 0.4) is 0 Å². The molecule has 4 heteroatoms. The highest BCUT2D eigenvalue weighted by molar-refractivity contribution is 5.80. The SMILES string of the molecule is CCNC(=NCc1ncccc1C)NC(C)C(C)C. The van der Waals surface area contributed by atoms with Crippen molar-refractivity contribution in [2.75, 3.05) is 6.54 Å². The van der Waals surface area contributed by atoms with Gasteiger partial charge in [-0.25, -0.2) is 4.99 Å². The highest BCUT2D eigenvalue weighted by Crippen LogP contribution is 2.05. The average molecular weight is 262 g/mol. The van der Waals surface area contributed by atoms with Crippen molar-refractivity contribution >= 4 is 5.96 Å². The maximum absolute atomic E-state index is 4.60. The summed E-state index contributed by atoms with van der Waals surface area (Å²) in [5, 5.41) is 6.69. The van der Waals surface area contributed by atoms with E-state index in [1.165, 1.54) is 5.56 Å². The molecule has 0 spiro atoms. The van der Waals surface area contributed by atoms with Gasteiger partial charge in [-0.3, -0.25) is 4.98 Å². The van der Waals surface area contributed by atoms with Gasteiger partial charge in [0.2, 0.25) is 0 Å². The first kappa shape index (κ1) is 15.5. The van der Waals surface area contributed by atoms with Gasteiger partial charge in [-0.2, -0.15) is 0 Å².